The third-order valence-corrected chi connectivity index (χ3v) is 2.91. The maximum absolute atomic E-state index is 11.6. The van der Waals surface area contributed by atoms with E-state index in [9.17, 15) is 4.79 Å². The first kappa shape index (κ1) is 17.1. The maximum Gasteiger partial charge on any atom is 0.243 e. The summed E-state index contributed by atoms with van der Waals surface area (Å²) in [5.74, 6) is 1.33. The van der Waals surface area contributed by atoms with E-state index in [2.05, 4.69) is 19.2 Å². The molecule has 1 N–H and O–H groups in total. The minimum atomic E-state index is -0.0753. The number of ether oxygens (including phenoxy) is 2. The molecule has 4 nitrogen and oxygen atoms in total. The van der Waals surface area contributed by atoms with Gasteiger partial charge in [-0.15, -0.1) is 0 Å². The zero-order chi connectivity index (χ0) is 15.5. The Morgan fingerprint density at radius 3 is 2.71 bits per heavy atom. The van der Waals surface area contributed by atoms with Crippen molar-refractivity contribution in [3.8, 4) is 11.5 Å². The van der Waals surface area contributed by atoms with E-state index >= 15 is 0 Å². The number of rotatable bonds is 9. The molecule has 116 valence electrons. The predicted molar refractivity (Wildman–Crippen MR) is 85.7 cm³/mol. The van der Waals surface area contributed by atoms with Gasteiger partial charge in [0.15, 0.2) is 11.5 Å². The van der Waals surface area contributed by atoms with Crippen molar-refractivity contribution in [2.24, 2.45) is 0 Å². The second kappa shape index (κ2) is 9.86. The van der Waals surface area contributed by atoms with Crippen LogP contribution in [-0.2, 0) is 4.79 Å². The highest BCUT2D eigenvalue weighted by atomic mass is 16.5. The lowest BCUT2D eigenvalue weighted by atomic mass is 10.2. The van der Waals surface area contributed by atoms with Gasteiger partial charge < -0.3 is 14.8 Å². The number of nitrogens with one attached hydrogen (secondary N) is 1. The van der Waals surface area contributed by atoms with Crippen LogP contribution in [0.15, 0.2) is 24.3 Å². The van der Waals surface area contributed by atoms with E-state index in [1.807, 2.05) is 18.2 Å². The average molecular weight is 291 g/mol. The van der Waals surface area contributed by atoms with Crippen molar-refractivity contribution in [1.29, 1.82) is 0 Å². The summed E-state index contributed by atoms with van der Waals surface area (Å²) in [7, 11) is 1.61. The van der Waals surface area contributed by atoms with Crippen LogP contribution in [0.1, 0.15) is 38.7 Å². The molecule has 0 heterocycles. The zero-order valence-corrected chi connectivity index (χ0v) is 13.1. The van der Waals surface area contributed by atoms with Gasteiger partial charge in [0, 0.05) is 12.6 Å². The van der Waals surface area contributed by atoms with Gasteiger partial charge >= 0.3 is 0 Å². The second-order valence-electron chi connectivity index (χ2n) is 4.74. The third-order valence-electron chi connectivity index (χ3n) is 2.91. The molecule has 0 saturated carbocycles. The second-order valence-corrected chi connectivity index (χ2v) is 4.74. The van der Waals surface area contributed by atoms with Gasteiger partial charge in [0.1, 0.15) is 0 Å². The fraction of sp³-hybridized carbons (Fsp3) is 0.471. The van der Waals surface area contributed by atoms with Crippen LogP contribution < -0.4 is 14.8 Å². The van der Waals surface area contributed by atoms with Gasteiger partial charge in [0.05, 0.1) is 13.7 Å². The van der Waals surface area contributed by atoms with Crippen LogP contribution in [-0.4, -0.2) is 26.2 Å². The Morgan fingerprint density at radius 1 is 1.24 bits per heavy atom. The molecule has 0 unspecified atom stereocenters. The molecule has 0 atom stereocenters. The molecular formula is C17H25NO3. The van der Waals surface area contributed by atoms with Crippen LogP contribution in [0.3, 0.4) is 0 Å². The first-order chi connectivity index (χ1) is 10.2. The fourth-order valence-electron chi connectivity index (χ4n) is 1.74. The quantitative estimate of drug-likeness (QED) is 0.560. The van der Waals surface area contributed by atoms with E-state index in [1.165, 1.54) is 6.08 Å². The summed E-state index contributed by atoms with van der Waals surface area (Å²) in [6.45, 7) is 5.52. The van der Waals surface area contributed by atoms with Crippen LogP contribution in [0.5, 0.6) is 11.5 Å². The third kappa shape index (κ3) is 6.34. The van der Waals surface area contributed by atoms with E-state index < -0.39 is 0 Å². The molecule has 0 saturated heterocycles. The van der Waals surface area contributed by atoms with Gasteiger partial charge in [-0.25, -0.2) is 0 Å². The number of hydrogen-bond donors (Lipinski definition) is 1. The minimum absolute atomic E-state index is 0.0753. The summed E-state index contributed by atoms with van der Waals surface area (Å²) in [5, 5.41) is 2.84. The van der Waals surface area contributed by atoms with Gasteiger partial charge in [0.2, 0.25) is 5.91 Å². The van der Waals surface area contributed by atoms with E-state index in [-0.39, 0.29) is 5.91 Å². The monoisotopic (exact) mass is 291 g/mol. The zero-order valence-electron chi connectivity index (χ0n) is 13.1. The molecule has 1 amide bonds. The Hall–Kier alpha value is -1.97. The van der Waals surface area contributed by atoms with Gasteiger partial charge in [0.25, 0.3) is 0 Å². The summed E-state index contributed by atoms with van der Waals surface area (Å²) in [4.78, 5) is 11.6. The molecule has 0 fully saturated rings. The lowest BCUT2D eigenvalue weighted by Crippen LogP contribution is -2.21. The smallest absolute Gasteiger partial charge is 0.243 e. The first-order valence-electron chi connectivity index (χ1n) is 7.48. The Bertz CT molecular complexity index is 469. The number of amides is 1. The highest BCUT2D eigenvalue weighted by Crippen LogP contribution is 2.28. The highest BCUT2D eigenvalue weighted by Gasteiger charge is 2.04. The lowest BCUT2D eigenvalue weighted by Gasteiger charge is -2.10. The number of carbonyl (C=O) groups excluding carboxylic acids is 1. The molecule has 0 aromatic heterocycles. The summed E-state index contributed by atoms with van der Waals surface area (Å²) in [6, 6.07) is 5.63. The predicted octanol–water partition coefficient (Wildman–Crippen LogP) is 3.41. The Kier molecular flexibility index (Phi) is 8.02. The first-order valence-corrected chi connectivity index (χ1v) is 7.48. The van der Waals surface area contributed by atoms with Gasteiger partial charge in [-0.05, 0) is 36.6 Å². The van der Waals surface area contributed by atoms with E-state index in [0.29, 0.717) is 18.9 Å². The molecule has 21 heavy (non-hydrogen) atoms. The molecule has 4 heteroatoms. The van der Waals surface area contributed by atoms with E-state index in [1.54, 1.807) is 13.2 Å². The molecule has 1 aromatic rings. The Labute approximate surface area is 127 Å². The van der Waals surface area contributed by atoms with Gasteiger partial charge in [-0.3, -0.25) is 4.79 Å². The SMILES string of the molecule is CCCCNC(=O)/C=C/c1ccc(OCCC)c(OC)c1. The molecule has 0 bridgehead atoms. The summed E-state index contributed by atoms with van der Waals surface area (Å²) in [6.07, 6.45) is 6.32. The van der Waals surface area contributed by atoms with E-state index in [4.69, 9.17) is 9.47 Å². The van der Waals surface area contributed by atoms with Crippen LogP contribution in [0.25, 0.3) is 6.08 Å². The highest BCUT2D eigenvalue weighted by molar-refractivity contribution is 5.91. The molecule has 0 radical (unpaired) electrons. The molecular weight excluding hydrogens is 266 g/mol. The lowest BCUT2D eigenvalue weighted by molar-refractivity contribution is -0.116. The number of carbonyl (C=O) groups is 1. The molecule has 0 spiro atoms. The van der Waals surface area contributed by atoms with Crippen molar-refractivity contribution in [1.82, 2.24) is 5.32 Å². The average Bonchev–Trinajstić information content (AvgIpc) is 2.51. The Balaban J connectivity index is 2.64. The maximum atomic E-state index is 11.6. The minimum Gasteiger partial charge on any atom is -0.493 e. The number of unbranched alkanes of at least 4 members (excludes halogenated alkanes) is 1. The van der Waals surface area contributed by atoms with Crippen LogP contribution in [0.4, 0.5) is 0 Å². The standard InChI is InChI=1S/C17H25NO3/c1-4-6-11-18-17(19)10-8-14-7-9-15(21-12-5-2)16(13-14)20-3/h7-10,13H,4-6,11-12H2,1-3H3,(H,18,19)/b10-8+. The molecule has 0 aliphatic rings. The van der Waals surface area contributed by atoms with Gasteiger partial charge in [-0.1, -0.05) is 26.3 Å². The van der Waals surface area contributed by atoms with Crippen molar-refractivity contribution in [2.45, 2.75) is 33.1 Å². The molecule has 0 aliphatic heterocycles. The molecule has 1 rings (SSSR count). The fourth-order valence-corrected chi connectivity index (χ4v) is 1.74. The summed E-state index contributed by atoms with van der Waals surface area (Å²) in [5.41, 5.74) is 0.904. The Morgan fingerprint density at radius 2 is 2.05 bits per heavy atom. The van der Waals surface area contributed by atoms with Crippen molar-refractivity contribution < 1.29 is 14.3 Å². The number of hydrogen-bond acceptors (Lipinski definition) is 3. The van der Waals surface area contributed by atoms with Crippen molar-refractivity contribution in [3.63, 3.8) is 0 Å². The summed E-state index contributed by atoms with van der Waals surface area (Å²) < 4.78 is 10.9. The summed E-state index contributed by atoms with van der Waals surface area (Å²) >= 11 is 0. The van der Waals surface area contributed by atoms with Crippen LogP contribution >= 0.6 is 0 Å². The normalized spacial score (nSPS) is 10.6. The van der Waals surface area contributed by atoms with Crippen molar-refractivity contribution >= 4 is 12.0 Å². The topological polar surface area (TPSA) is 47.6 Å². The van der Waals surface area contributed by atoms with Crippen LogP contribution in [0.2, 0.25) is 0 Å². The van der Waals surface area contributed by atoms with Crippen LogP contribution in [0, 0.1) is 0 Å². The largest absolute Gasteiger partial charge is 0.493 e. The molecule has 1 aromatic carbocycles. The number of methoxy groups -OCH3 is 1. The van der Waals surface area contributed by atoms with Crippen molar-refractivity contribution in [2.75, 3.05) is 20.3 Å². The molecule has 0 aliphatic carbocycles. The number of benzene rings is 1. The van der Waals surface area contributed by atoms with Gasteiger partial charge in [-0.2, -0.15) is 0 Å². The van der Waals surface area contributed by atoms with Crippen molar-refractivity contribution in [3.05, 3.63) is 29.8 Å². The van der Waals surface area contributed by atoms with E-state index in [0.717, 1.165) is 30.6 Å².